The second kappa shape index (κ2) is 7.72. The molecule has 0 spiro atoms. The Morgan fingerprint density at radius 3 is 2.06 bits per heavy atom. The number of ether oxygens (including phenoxy) is 1. The van der Waals surface area contributed by atoms with Crippen LogP contribution in [0.25, 0.3) is 0 Å². The van der Waals surface area contributed by atoms with Crippen molar-refractivity contribution < 1.29 is 35.9 Å². The molecule has 31 heavy (non-hydrogen) atoms. The van der Waals surface area contributed by atoms with Crippen LogP contribution < -0.4 is 9.64 Å². The second-order valence-corrected chi connectivity index (χ2v) is 7.78. The van der Waals surface area contributed by atoms with Gasteiger partial charge in [-0.3, -0.25) is 4.79 Å². The van der Waals surface area contributed by atoms with Crippen LogP contribution in [0.1, 0.15) is 47.2 Å². The highest BCUT2D eigenvalue weighted by Crippen LogP contribution is 2.42. The molecule has 0 radical (unpaired) electrons. The van der Waals surface area contributed by atoms with Crippen LogP contribution in [0.4, 0.5) is 32.0 Å². The van der Waals surface area contributed by atoms with Gasteiger partial charge in [0.1, 0.15) is 6.10 Å². The minimum Gasteiger partial charge on any atom is -0.474 e. The Hall–Kier alpha value is -2.78. The third kappa shape index (κ3) is 4.33. The minimum atomic E-state index is -4.54. The van der Waals surface area contributed by atoms with Crippen molar-refractivity contribution in [3.8, 4) is 5.88 Å². The molecule has 0 saturated carbocycles. The van der Waals surface area contributed by atoms with E-state index in [-0.39, 0.29) is 29.6 Å². The van der Waals surface area contributed by atoms with Crippen LogP contribution in [0.15, 0.2) is 36.5 Å². The molecule has 0 amide bonds. The molecule has 2 fully saturated rings. The Balaban J connectivity index is 1.49. The van der Waals surface area contributed by atoms with Crippen LogP contribution >= 0.6 is 0 Å². The number of fused-ring (bicyclic) bond motifs is 2. The van der Waals surface area contributed by atoms with Crippen molar-refractivity contribution in [2.24, 2.45) is 0 Å². The number of halogens is 6. The Morgan fingerprint density at radius 2 is 1.55 bits per heavy atom. The standard InChI is InChI=1S/C21H18F6N2O2/c22-20(23,24)13-1-5-18(12(7-13)11-30)29-15-3-4-16(29)9-17(8-15)31-19-6-2-14(10-28-19)21(25,26)27/h1-2,5-7,10-11,15-17H,3-4,8-9H2/t15-,16+,17?. The van der Waals surface area contributed by atoms with Crippen LogP contribution in [0, 0.1) is 0 Å². The van der Waals surface area contributed by atoms with Gasteiger partial charge in [0.25, 0.3) is 0 Å². The lowest BCUT2D eigenvalue weighted by atomic mass is 9.97. The summed E-state index contributed by atoms with van der Waals surface area (Å²) in [5.74, 6) is 0.0916. The van der Waals surface area contributed by atoms with Gasteiger partial charge in [0.05, 0.1) is 11.1 Å². The van der Waals surface area contributed by atoms with E-state index < -0.39 is 23.5 Å². The third-order valence-corrected chi connectivity index (χ3v) is 5.80. The fraction of sp³-hybridized carbons (Fsp3) is 0.429. The number of aromatic nitrogens is 1. The third-order valence-electron chi connectivity index (χ3n) is 5.80. The molecular formula is C21H18F6N2O2. The number of carbonyl (C=O) groups excluding carboxylic acids is 1. The molecule has 10 heteroatoms. The van der Waals surface area contributed by atoms with Crippen molar-refractivity contribution in [1.82, 2.24) is 4.98 Å². The number of pyridine rings is 1. The molecule has 2 saturated heterocycles. The largest absolute Gasteiger partial charge is 0.474 e. The molecule has 3 atom stereocenters. The molecule has 4 nitrogen and oxygen atoms in total. The van der Waals surface area contributed by atoms with Crippen LogP contribution in [0.2, 0.25) is 0 Å². The highest BCUT2D eigenvalue weighted by molar-refractivity contribution is 5.85. The molecule has 2 aliphatic rings. The first kappa shape index (κ1) is 21.5. The number of aldehydes is 1. The van der Waals surface area contributed by atoms with Crippen molar-refractivity contribution in [3.63, 3.8) is 0 Å². The lowest BCUT2D eigenvalue weighted by molar-refractivity contribution is -0.138. The molecule has 4 rings (SSSR count). The highest BCUT2D eigenvalue weighted by Gasteiger charge is 2.43. The zero-order valence-corrected chi connectivity index (χ0v) is 16.1. The Bertz CT molecular complexity index is 944. The van der Waals surface area contributed by atoms with Gasteiger partial charge >= 0.3 is 12.4 Å². The number of hydrogen-bond donors (Lipinski definition) is 0. The van der Waals surface area contributed by atoms with E-state index >= 15 is 0 Å². The zero-order valence-electron chi connectivity index (χ0n) is 16.1. The first-order valence-electron chi connectivity index (χ1n) is 9.71. The van der Waals surface area contributed by atoms with E-state index in [4.69, 9.17) is 4.74 Å². The lowest BCUT2D eigenvalue weighted by Gasteiger charge is -2.41. The van der Waals surface area contributed by atoms with Crippen LogP contribution in [-0.2, 0) is 12.4 Å². The Kier molecular flexibility index (Phi) is 5.35. The maximum atomic E-state index is 13.0. The number of nitrogens with zero attached hydrogens (tertiary/aromatic N) is 2. The topological polar surface area (TPSA) is 42.4 Å². The van der Waals surface area contributed by atoms with Gasteiger partial charge in [0.2, 0.25) is 5.88 Å². The second-order valence-electron chi connectivity index (χ2n) is 7.78. The average molecular weight is 444 g/mol. The van der Waals surface area contributed by atoms with Crippen molar-refractivity contribution >= 4 is 12.0 Å². The van der Waals surface area contributed by atoms with Crippen LogP contribution in [0.5, 0.6) is 5.88 Å². The summed E-state index contributed by atoms with van der Waals surface area (Å²) in [4.78, 5) is 17.2. The fourth-order valence-corrected chi connectivity index (χ4v) is 4.47. The Labute approximate surface area is 173 Å². The van der Waals surface area contributed by atoms with Crippen molar-refractivity contribution in [2.75, 3.05) is 4.90 Å². The van der Waals surface area contributed by atoms with Gasteiger partial charge < -0.3 is 9.64 Å². The van der Waals surface area contributed by atoms with E-state index in [9.17, 15) is 31.1 Å². The SMILES string of the molecule is O=Cc1cc(C(F)(F)F)ccc1N1[C@@H]2CC[C@H]1CC(Oc1ccc(C(F)(F)F)cn1)C2. The van der Waals surface area contributed by atoms with E-state index in [0.717, 1.165) is 37.2 Å². The summed E-state index contributed by atoms with van der Waals surface area (Å²) in [6.07, 6.45) is -5.53. The molecule has 166 valence electrons. The minimum absolute atomic E-state index is 0.0181. The zero-order chi connectivity index (χ0) is 22.4. The molecule has 2 aliphatic heterocycles. The van der Waals surface area contributed by atoms with Gasteiger partial charge in [-0.1, -0.05) is 0 Å². The van der Waals surface area contributed by atoms with Gasteiger partial charge in [0.15, 0.2) is 6.29 Å². The van der Waals surface area contributed by atoms with E-state index in [2.05, 4.69) is 4.98 Å². The molecule has 3 heterocycles. The molecule has 2 aromatic rings. The summed E-state index contributed by atoms with van der Waals surface area (Å²) in [6, 6.07) is 5.15. The van der Waals surface area contributed by atoms with Crippen molar-refractivity contribution in [2.45, 2.75) is 56.2 Å². The van der Waals surface area contributed by atoms with Gasteiger partial charge in [-0.15, -0.1) is 0 Å². The maximum Gasteiger partial charge on any atom is 0.417 e. The fourth-order valence-electron chi connectivity index (χ4n) is 4.47. The molecule has 0 N–H and O–H groups in total. The summed E-state index contributed by atoms with van der Waals surface area (Å²) < 4.78 is 82.7. The van der Waals surface area contributed by atoms with Gasteiger partial charge in [-0.25, -0.2) is 4.98 Å². The number of rotatable bonds is 4. The van der Waals surface area contributed by atoms with Crippen molar-refractivity contribution in [3.05, 3.63) is 53.2 Å². The normalized spacial score (nSPS) is 23.7. The lowest BCUT2D eigenvalue weighted by Crippen LogP contribution is -2.47. The summed E-state index contributed by atoms with van der Waals surface area (Å²) in [7, 11) is 0. The van der Waals surface area contributed by atoms with E-state index in [0.29, 0.717) is 24.8 Å². The maximum absolute atomic E-state index is 13.0. The molecule has 1 unspecified atom stereocenters. The Morgan fingerprint density at radius 1 is 0.935 bits per heavy atom. The number of alkyl halides is 6. The number of piperidine rings is 1. The highest BCUT2D eigenvalue weighted by atomic mass is 19.4. The molecular weight excluding hydrogens is 426 g/mol. The predicted molar refractivity (Wildman–Crippen MR) is 99.0 cm³/mol. The summed E-state index contributed by atoms with van der Waals surface area (Å²) >= 11 is 0. The predicted octanol–water partition coefficient (Wildman–Crippen LogP) is 5.51. The quantitative estimate of drug-likeness (QED) is 0.461. The monoisotopic (exact) mass is 444 g/mol. The first-order valence-corrected chi connectivity index (χ1v) is 9.71. The molecule has 2 bridgehead atoms. The van der Waals surface area contributed by atoms with Gasteiger partial charge in [0, 0.05) is 48.4 Å². The molecule has 0 aliphatic carbocycles. The number of carbonyl (C=O) groups is 1. The van der Waals surface area contributed by atoms with Crippen LogP contribution in [0.3, 0.4) is 0 Å². The summed E-state index contributed by atoms with van der Waals surface area (Å²) in [6.45, 7) is 0. The summed E-state index contributed by atoms with van der Waals surface area (Å²) in [5.41, 5.74) is -1.30. The van der Waals surface area contributed by atoms with Gasteiger partial charge in [-0.2, -0.15) is 26.3 Å². The average Bonchev–Trinajstić information content (AvgIpc) is 2.96. The number of anilines is 1. The number of benzene rings is 1. The molecule has 1 aromatic heterocycles. The summed E-state index contributed by atoms with van der Waals surface area (Å²) in [5, 5.41) is 0. The number of hydrogen-bond acceptors (Lipinski definition) is 4. The molecule has 1 aromatic carbocycles. The van der Waals surface area contributed by atoms with Crippen molar-refractivity contribution in [1.29, 1.82) is 0 Å². The van der Waals surface area contributed by atoms with Gasteiger partial charge in [-0.05, 0) is 37.1 Å². The van der Waals surface area contributed by atoms with Crippen LogP contribution in [-0.4, -0.2) is 29.5 Å². The van der Waals surface area contributed by atoms with E-state index in [1.54, 1.807) is 0 Å². The first-order chi connectivity index (χ1) is 14.6. The van der Waals surface area contributed by atoms with E-state index in [1.165, 1.54) is 12.1 Å². The smallest absolute Gasteiger partial charge is 0.417 e. The van der Waals surface area contributed by atoms with E-state index in [1.807, 2.05) is 4.90 Å².